The van der Waals surface area contributed by atoms with Crippen molar-refractivity contribution >= 4 is 29.7 Å². The van der Waals surface area contributed by atoms with Crippen LogP contribution in [0.5, 0.6) is 0 Å². The van der Waals surface area contributed by atoms with Gasteiger partial charge < -0.3 is 10.6 Å². The van der Waals surface area contributed by atoms with Gasteiger partial charge >= 0.3 is 0 Å². The lowest BCUT2D eigenvalue weighted by Crippen LogP contribution is -2.10. The molecule has 82 valence electrons. The molecular formula is C11H15ClN2O. The van der Waals surface area contributed by atoms with Gasteiger partial charge in [-0.15, -0.1) is 12.4 Å². The third-order valence-corrected chi connectivity index (χ3v) is 2.46. The maximum atomic E-state index is 11.2. The van der Waals surface area contributed by atoms with Crippen LogP contribution in [0.4, 0.5) is 11.4 Å². The van der Waals surface area contributed by atoms with E-state index in [-0.39, 0.29) is 18.3 Å². The highest BCUT2D eigenvalue weighted by atomic mass is 35.5. The third kappa shape index (κ3) is 2.42. The molecule has 0 fully saturated rings. The van der Waals surface area contributed by atoms with Crippen LogP contribution < -0.4 is 10.6 Å². The van der Waals surface area contributed by atoms with Crippen LogP contribution >= 0.6 is 12.4 Å². The molecule has 2 N–H and O–H groups in total. The standard InChI is InChI=1S/C11H14N2O.ClH/c1-2-11(14)13-10-5-3-4-9-8(10)6-7-12-9;/h3-5,12H,2,6-7H2,1H3,(H,13,14);1H. The minimum Gasteiger partial charge on any atom is -0.384 e. The molecular weight excluding hydrogens is 212 g/mol. The van der Waals surface area contributed by atoms with Crippen molar-refractivity contribution in [1.82, 2.24) is 0 Å². The molecule has 3 nitrogen and oxygen atoms in total. The normalized spacial score (nSPS) is 12.3. The van der Waals surface area contributed by atoms with Crippen molar-refractivity contribution in [2.24, 2.45) is 0 Å². The quantitative estimate of drug-likeness (QED) is 0.813. The molecule has 0 saturated carbocycles. The summed E-state index contributed by atoms with van der Waals surface area (Å²) in [5.74, 6) is 0.0744. The molecule has 0 radical (unpaired) electrons. The molecule has 1 heterocycles. The summed E-state index contributed by atoms with van der Waals surface area (Å²) in [6.07, 6.45) is 1.52. The van der Waals surface area contributed by atoms with Crippen LogP contribution in [0.3, 0.4) is 0 Å². The molecule has 0 spiro atoms. The molecule has 15 heavy (non-hydrogen) atoms. The maximum absolute atomic E-state index is 11.2. The van der Waals surface area contributed by atoms with E-state index in [0.717, 1.165) is 24.3 Å². The number of benzene rings is 1. The summed E-state index contributed by atoms with van der Waals surface area (Å²) in [5.41, 5.74) is 3.34. The van der Waals surface area contributed by atoms with Crippen molar-refractivity contribution in [2.75, 3.05) is 17.2 Å². The van der Waals surface area contributed by atoms with Gasteiger partial charge in [0.25, 0.3) is 0 Å². The first-order valence-electron chi connectivity index (χ1n) is 4.97. The second-order valence-electron chi connectivity index (χ2n) is 3.41. The van der Waals surface area contributed by atoms with Gasteiger partial charge in [0.2, 0.25) is 5.91 Å². The lowest BCUT2D eigenvalue weighted by atomic mass is 10.1. The first-order chi connectivity index (χ1) is 6.81. The van der Waals surface area contributed by atoms with Crippen LogP contribution in [-0.4, -0.2) is 12.5 Å². The van der Waals surface area contributed by atoms with Crippen LogP contribution in [0.25, 0.3) is 0 Å². The van der Waals surface area contributed by atoms with Gasteiger partial charge in [-0.1, -0.05) is 13.0 Å². The minimum atomic E-state index is 0. The van der Waals surface area contributed by atoms with Crippen LogP contribution in [-0.2, 0) is 11.2 Å². The average Bonchev–Trinajstić information content (AvgIpc) is 2.66. The van der Waals surface area contributed by atoms with Crippen molar-refractivity contribution in [3.8, 4) is 0 Å². The van der Waals surface area contributed by atoms with E-state index < -0.39 is 0 Å². The number of carbonyl (C=O) groups is 1. The molecule has 0 atom stereocenters. The van der Waals surface area contributed by atoms with Gasteiger partial charge in [-0.05, 0) is 18.6 Å². The summed E-state index contributed by atoms with van der Waals surface area (Å²) < 4.78 is 0. The minimum absolute atomic E-state index is 0. The largest absolute Gasteiger partial charge is 0.384 e. The summed E-state index contributed by atoms with van der Waals surface area (Å²) in [6.45, 7) is 2.82. The fourth-order valence-corrected chi connectivity index (χ4v) is 1.70. The Morgan fingerprint density at radius 1 is 1.53 bits per heavy atom. The SMILES string of the molecule is CCC(=O)Nc1cccc2c1CCN2.Cl. The van der Waals surface area contributed by atoms with Crippen molar-refractivity contribution < 1.29 is 4.79 Å². The summed E-state index contributed by atoms with van der Waals surface area (Å²) in [6, 6.07) is 5.96. The lowest BCUT2D eigenvalue weighted by Gasteiger charge is -2.08. The predicted octanol–water partition coefficient (Wildman–Crippen LogP) is 2.42. The first kappa shape index (κ1) is 11.9. The van der Waals surface area contributed by atoms with Gasteiger partial charge in [0.15, 0.2) is 0 Å². The number of rotatable bonds is 2. The summed E-state index contributed by atoms with van der Waals surface area (Å²) in [7, 11) is 0. The van der Waals surface area contributed by atoms with Gasteiger partial charge in [-0.2, -0.15) is 0 Å². The zero-order valence-electron chi connectivity index (χ0n) is 8.67. The van der Waals surface area contributed by atoms with E-state index in [2.05, 4.69) is 10.6 Å². The number of carbonyl (C=O) groups excluding carboxylic acids is 1. The highest BCUT2D eigenvalue weighted by Crippen LogP contribution is 2.28. The van der Waals surface area contributed by atoms with E-state index in [1.807, 2.05) is 25.1 Å². The van der Waals surface area contributed by atoms with E-state index in [9.17, 15) is 4.79 Å². The maximum Gasteiger partial charge on any atom is 0.224 e. The number of hydrogen-bond acceptors (Lipinski definition) is 2. The number of anilines is 2. The van der Waals surface area contributed by atoms with Gasteiger partial charge in [0.05, 0.1) is 0 Å². The zero-order chi connectivity index (χ0) is 9.97. The van der Waals surface area contributed by atoms with Gasteiger partial charge in [-0.3, -0.25) is 4.79 Å². The Morgan fingerprint density at radius 3 is 3.07 bits per heavy atom. The van der Waals surface area contributed by atoms with Crippen molar-refractivity contribution in [1.29, 1.82) is 0 Å². The van der Waals surface area contributed by atoms with Crippen molar-refractivity contribution in [3.63, 3.8) is 0 Å². The van der Waals surface area contributed by atoms with E-state index in [1.54, 1.807) is 0 Å². The average molecular weight is 227 g/mol. The predicted molar refractivity (Wildman–Crippen MR) is 64.8 cm³/mol. The Bertz CT molecular complexity index is 366. The Morgan fingerprint density at radius 2 is 2.33 bits per heavy atom. The fraction of sp³-hybridized carbons (Fsp3) is 0.364. The lowest BCUT2D eigenvalue weighted by molar-refractivity contribution is -0.115. The Labute approximate surface area is 95.7 Å². The third-order valence-electron chi connectivity index (χ3n) is 2.46. The molecule has 0 unspecified atom stereocenters. The van der Waals surface area contributed by atoms with E-state index in [4.69, 9.17) is 0 Å². The van der Waals surface area contributed by atoms with Crippen LogP contribution in [0.15, 0.2) is 18.2 Å². The molecule has 0 bridgehead atoms. The Balaban J connectivity index is 0.00000112. The molecule has 1 aromatic rings. The smallest absolute Gasteiger partial charge is 0.224 e. The molecule has 0 aromatic heterocycles. The monoisotopic (exact) mass is 226 g/mol. The van der Waals surface area contributed by atoms with E-state index >= 15 is 0 Å². The van der Waals surface area contributed by atoms with Crippen LogP contribution in [0.2, 0.25) is 0 Å². The van der Waals surface area contributed by atoms with E-state index in [1.165, 1.54) is 5.56 Å². The summed E-state index contributed by atoms with van der Waals surface area (Å²) in [5, 5.41) is 6.19. The summed E-state index contributed by atoms with van der Waals surface area (Å²) in [4.78, 5) is 11.2. The highest BCUT2D eigenvalue weighted by Gasteiger charge is 2.14. The topological polar surface area (TPSA) is 41.1 Å². The molecule has 1 aromatic carbocycles. The number of nitrogens with one attached hydrogen (secondary N) is 2. The molecule has 0 saturated heterocycles. The van der Waals surface area contributed by atoms with Crippen molar-refractivity contribution in [2.45, 2.75) is 19.8 Å². The molecule has 1 amide bonds. The van der Waals surface area contributed by atoms with Crippen LogP contribution in [0, 0.1) is 0 Å². The Hall–Kier alpha value is -1.22. The molecule has 4 heteroatoms. The van der Waals surface area contributed by atoms with Crippen molar-refractivity contribution in [3.05, 3.63) is 23.8 Å². The second-order valence-corrected chi connectivity index (χ2v) is 3.41. The highest BCUT2D eigenvalue weighted by molar-refractivity contribution is 5.92. The number of amides is 1. The molecule has 2 rings (SSSR count). The molecule has 1 aliphatic rings. The summed E-state index contributed by atoms with van der Waals surface area (Å²) >= 11 is 0. The number of fused-ring (bicyclic) bond motifs is 1. The molecule has 1 aliphatic heterocycles. The number of halogens is 1. The first-order valence-corrected chi connectivity index (χ1v) is 4.97. The van der Waals surface area contributed by atoms with Gasteiger partial charge in [0.1, 0.15) is 0 Å². The van der Waals surface area contributed by atoms with E-state index in [0.29, 0.717) is 6.42 Å². The number of hydrogen-bond donors (Lipinski definition) is 2. The van der Waals surface area contributed by atoms with Gasteiger partial charge in [-0.25, -0.2) is 0 Å². The van der Waals surface area contributed by atoms with Gasteiger partial charge in [0, 0.05) is 29.9 Å². The second kappa shape index (κ2) is 5.03. The fourth-order valence-electron chi connectivity index (χ4n) is 1.70. The van der Waals surface area contributed by atoms with Crippen LogP contribution in [0.1, 0.15) is 18.9 Å². The molecule has 0 aliphatic carbocycles. The zero-order valence-corrected chi connectivity index (χ0v) is 9.49. The Kier molecular flexibility index (Phi) is 3.97.